The molecular formula is C14H14ClNO6. The third-order valence-corrected chi connectivity index (χ3v) is 2.93. The molecule has 0 saturated carbocycles. The third kappa shape index (κ3) is 4.85. The number of halogens is 1. The van der Waals surface area contributed by atoms with Gasteiger partial charge in [-0.1, -0.05) is 11.6 Å². The molecular weight excluding hydrogens is 314 g/mol. The van der Waals surface area contributed by atoms with Crippen LogP contribution in [0.5, 0.6) is 0 Å². The van der Waals surface area contributed by atoms with E-state index >= 15 is 0 Å². The molecule has 1 amide bonds. The molecule has 0 saturated heterocycles. The largest absolute Gasteiger partial charge is 0.469 e. The molecule has 1 aromatic carbocycles. The van der Waals surface area contributed by atoms with Gasteiger partial charge >= 0.3 is 11.9 Å². The third-order valence-electron chi connectivity index (χ3n) is 2.68. The van der Waals surface area contributed by atoms with Crippen LogP contribution in [0.15, 0.2) is 24.3 Å². The van der Waals surface area contributed by atoms with E-state index in [0.29, 0.717) is 10.7 Å². The van der Waals surface area contributed by atoms with Crippen molar-refractivity contribution in [3.63, 3.8) is 0 Å². The number of Topliss-reactive ketones (excluding diaryl/α,β-unsaturated/α-hetero) is 1. The summed E-state index contributed by atoms with van der Waals surface area (Å²) < 4.78 is 8.77. The smallest absolute Gasteiger partial charge is 0.325 e. The Morgan fingerprint density at radius 1 is 1.09 bits per heavy atom. The van der Waals surface area contributed by atoms with Crippen molar-refractivity contribution in [2.45, 2.75) is 6.42 Å². The molecule has 0 radical (unpaired) electrons. The van der Waals surface area contributed by atoms with Gasteiger partial charge in [-0.3, -0.25) is 19.2 Å². The molecule has 0 aromatic heterocycles. The van der Waals surface area contributed by atoms with Crippen molar-refractivity contribution in [1.29, 1.82) is 0 Å². The minimum absolute atomic E-state index is 0.342. The molecule has 22 heavy (non-hydrogen) atoms. The number of ether oxygens (including phenoxy) is 2. The Hall–Kier alpha value is -2.41. The summed E-state index contributed by atoms with van der Waals surface area (Å²) in [6, 6.07) is 6.06. The van der Waals surface area contributed by atoms with Crippen molar-refractivity contribution >= 4 is 40.9 Å². The number of hydrogen-bond acceptors (Lipinski definition) is 6. The summed E-state index contributed by atoms with van der Waals surface area (Å²) in [6.07, 6.45) is -0.704. The van der Waals surface area contributed by atoms with Crippen molar-refractivity contribution in [2.75, 3.05) is 19.5 Å². The van der Waals surface area contributed by atoms with E-state index < -0.39 is 36.0 Å². The molecule has 0 aliphatic rings. The topological polar surface area (TPSA) is 98.8 Å². The molecule has 0 bridgehead atoms. The van der Waals surface area contributed by atoms with Crippen molar-refractivity contribution in [3.8, 4) is 0 Å². The first-order valence-electron chi connectivity index (χ1n) is 6.12. The first-order chi connectivity index (χ1) is 10.4. The van der Waals surface area contributed by atoms with E-state index in [1.54, 1.807) is 0 Å². The molecule has 0 aliphatic heterocycles. The number of esters is 2. The van der Waals surface area contributed by atoms with Crippen LogP contribution in [0.2, 0.25) is 5.02 Å². The van der Waals surface area contributed by atoms with Gasteiger partial charge in [0.15, 0.2) is 11.7 Å². The fourth-order valence-electron chi connectivity index (χ4n) is 1.57. The number of methoxy groups -OCH3 is 2. The highest BCUT2D eigenvalue weighted by Gasteiger charge is 2.36. The second-order valence-electron chi connectivity index (χ2n) is 4.17. The second-order valence-corrected chi connectivity index (χ2v) is 4.61. The molecule has 0 fully saturated rings. The standard InChI is InChI=1S/C14H14ClNO6/c1-21-11(18)7-10(17)12(14(20)22-2)13(19)16-9-5-3-8(15)4-6-9/h3-6,12H,7H2,1-2H3,(H,16,19). The molecule has 0 aliphatic carbocycles. The highest BCUT2D eigenvalue weighted by atomic mass is 35.5. The average molecular weight is 328 g/mol. The zero-order chi connectivity index (χ0) is 16.7. The number of rotatable bonds is 6. The van der Waals surface area contributed by atoms with Crippen molar-refractivity contribution < 1.29 is 28.7 Å². The number of ketones is 1. The molecule has 8 heteroatoms. The normalized spacial score (nSPS) is 11.2. The summed E-state index contributed by atoms with van der Waals surface area (Å²) in [5, 5.41) is 2.85. The van der Waals surface area contributed by atoms with Crippen LogP contribution < -0.4 is 5.32 Å². The summed E-state index contributed by atoms with van der Waals surface area (Å²) in [4.78, 5) is 46.8. The molecule has 0 spiro atoms. The van der Waals surface area contributed by atoms with E-state index in [-0.39, 0.29) is 0 Å². The van der Waals surface area contributed by atoms with Crippen molar-refractivity contribution in [2.24, 2.45) is 5.92 Å². The highest BCUT2D eigenvalue weighted by Crippen LogP contribution is 2.15. The van der Waals surface area contributed by atoms with Gasteiger partial charge in [0.2, 0.25) is 5.91 Å². The van der Waals surface area contributed by atoms with Gasteiger partial charge in [-0.25, -0.2) is 0 Å². The van der Waals surface area contributed by atoms with E-state index in [1.807, 2.05) is 0 Å². The lowest BCUT2D eigenvalue weighted by molar-refractivity contribution is -0.153. The summed E-state index contributed by atoms with van der Waals surface area (Å²) in [5.41, 5.74) is 0.342. The summed E-state index contributed by atoms with van der Waals surface area (Å²) >= 11 is 5.72. The fourth-order valence-corrected chi connectivity index (χ4v) is 1.69. The summed E-state index contributed by atoms with van der Waals surface area (Å²) in [7, 11) is 2.13. The average Bonchev–Trinajstić information content (AvgIpc) is 2.49. The Kier molecular flexibility index (Phi) is 6.52. The minimum Gasteiger partial charge on any atom is -0.469 e. The SMILES string of the molecule is COC(=O)CC(=O)C(C(=O)Nc1ccc(Cl)cc1)C(=O)OC. The number of carbonyl (C=O) groups is 4. The maximum absolute atomic E-state index is 12.1. The predicted molar refractivity (Wildman–Crippen MR) is 77.2 cm³/mol. The zero-order valence-corrected chi connectivity index (χ0v) is 12.7. The minimum atomic E-state index is -1.75. The maximum atomic E-state index is 12.1. The number of anilines is 1. The summed E-state index contributed by atoms with van der Waals surface area (Å²) in [5.74, 6) is -5.47. The highest BCUT2D eigenvalue weighted by molar-refractivity contribution is 6.30. The van der Waals surface area contributed by atoms with Gasteiger partial charge in [0.25, 0.3) is 0 Å². The Bertz CT molecular complexity index is 584. The van der Waals surface area contributed by atoms with E-state index in [1.165, 1.54) is 24.3 Å². The van der Waals surface area contributed by atoms with Gasteiger partial charge in [0, 0.05) is 10.7 Å². The van der Waals surface area contributed by atoms with E-state index in [2.05, 4.69) is 14.8 Å². The van der Waals surface area contributed by atoms with Gasteiger partial charge in [-0.15, -0.1) is 0 Å². The van der Waals surface area contributed by atoms with Crippen molar-refractivity contribution in [1.82, 2.24) is 0 Å². The molecule has 1 N–H and O–H groups in total. The molecule has 1 aromatic rings. The van der Waals surface area contributed by atoms with Crippen LogP contribution in [0.4, 0.5) is 5.69 Å². The van der Waals surface area contributed by atoms with Gasteiger partial charge in [-0.2, -0.15) is 0 Å². The predicted octanol–water partition coefficient (Wildman–Crippen LogP) is 1.20. The van der Waals surface area contributed by atoms with Gasteiger partial charge < -0.3 is 14.8 Å². The van der Waals surface area contributed by atoms with E-state index in [0.717, 1.165) is 14.2 Å². The number of amides is 1. The molecule has 0 heterocycles. The first kappa shape index (κ1) is 17.6. The van der Waals surface area contributed by atoms with Gasteiger partial charge in [0.05, 0.1) is 14.2 Å². The van der Waals surface area contributed by atoms with Crippen LogP contribution in [0.3, 0.4) is 0 Å². The maximum Gasteiger partial charge on any atom is 0.325 e. The molecule has 118 valence electrons. The molecule has 1 atom stereocenters. The van der Waals surface area contributed by atoms with Crippen LogP contribution in [0.25, 0.3) is 0 Å². The second kappa shape index (κ2) is 8.14. The van der Waals surface area contributed by atoms with E-state index in [4.69, 9.17) is 11.6 Å². The zero-order valence-electron chi connectivity index (χ0n) is 11.9. The number of carbonyl (C=O) groups excluding carboxylic acids is 4. The van der Waals surface area contributed by atoms with Crippen LogP contribution >= 0.6 is 11.6 Å². The Morgan fingerprint density at radius 2 is 1.68 bits per heavy atom. The van der Waals surface area contributed by atoms with Crippen LogP contribution in [0, 0.1) is 5.92 Å². The molecule has 1 unspecified atom stereocenters. The quantitative estimate of drug-likeness (QED) is 0.622. The number of hydrogen-bond donors (Lipinski definition) is 1. The van der Waals surface area contributed by atoms with E-state index in [9.17, 15) is 19.2 Å². The van der Waals surface area contributed by atoms with Crippen LogP contribution in [-0.2, 0) is 28.7 Å². The van der Waals surface area contributed by atoms with Crippen LogP contribution in [0.1, 0.15) is 6.42 Å². The Morgan fingerprint density at radius 3 is 2.18 bits per heavy atom. The van der Waals surface area contributed by atoms with Gasteiger partial charge in [-0.05, 0) is 24.3 Å². The summed E-state index contributed by atoms with van der Waals surface area (Å²) in [6.45, 7) is 0. The molecule has 7 nitrogen and oxygen atoms in total. The number of nitrogens with one attached hydrogen (secondary N) is 1. The lowest BCUT2D eigenvalue weighted by Gasteiger charge is -2.13. The lowest BCUT2D eigenvalue weighted by atomic mass is 10.0. The Labute approximate surface area is 131 Å². The molecule has 1 rings (SSSR count). The van der Waals surface area contributed by atoms with Crippen LogP contribution in [-0.4, -0.2) is 37.8 Å². The monoisotopic (exact) mass is 327 g/mol. The van der Waals surface area contributed by atoms with Gasteiger partial charge in [0.1, 0.15) is 6.42 Å². The van der Waals surface area contributed by atoms with Crippen molar-refractivity contribution in [3.05, 3.63) is 29.3 Å². The number of benzene rings is 1. The Balaban J connectivity index is 2.89. The lowest BCUT2D eigenvalue weighted by Crippen LogP contribution is -2.37. The first-order valence-corrected chi connectivity index (χ1v) is 6.50. The fraction of sp³-hybridized carbons (Fsp3) is 0.286.